The average molecular weight is 210 g/mol. The van der Waals surface area contributed by atoms with E-state index in [0.29, 0.717) is 10.6 Å². The van der Waals surface area contributed by atoms with Crippen molar-refractivity contribution in [1.82, 2.24) is 0 Å². The Morgan fingerprint density at radius 2 is 2.29 bits per heavy atom. The molecule has 1 aromatic rings. The van der Waals surface area contributed by atoms with Crippen molar-refractivity contribution in [3.8, 4) is 6.07 Å². The predicted octanol–water partition coefficient (Wildman–Crippen LogP) is 3.41. The minimum atomic E-state index is -0.243. The maximum absolute atomic E-state index is 13.2. The van der Waals surface area contributed by atoms with Crippen LogP contribution < -0.4 is 0 Å². The highest BCUT2D eigenvalue weighted by atomic mass is 35.5. The Hall–Kier alpha value is -1.07. The van der Waals surface area contributed by atoms with Gasteiger partial charge in [0, 0.05) is 10.9 Å². The van der Waals surface area contributed by atoms with Crippen LogP contribution in [0, 0.1) is 30.0 Å². The van der Waals surface area contributed by atoms with Crippen molar-refractivity contribution in [3.63, 3.8) is 0 Å². The topological polar surface area (TPSA) is 23.8 Å². The van der Waals surface area contributed by atoms with E-state index in [0.717, 1.165) is 12.0 Å². The Kier molecular flexibility index (Phi) is 2.20. The number of nitrogens with zero attached hydrogens (tertiary/aromatic N) is 1. The first-order chi connectivity index (χ1) is 6.63. The van der Waals surface area contributed by atoms with Crippen LogP contribution in [0.15, 0.2) is 12.1 Å². The van der Waals surface area contributed by atoms with Gasteiger partial charge in [-0.2, -0.15) is 5.26 Å². The molecule has 72 valence electrons. The first kappa shape index (κ1) is 9.48. The lowest BCUT2D eigenvalue weighted by molar-refractivity contribution is 0.616. The summed E-state index contributed by atoms with van der Waals surface area (Å²) in [5, 5.41) is 9.24. The number of hydrogen-bond acceptors (Lipinski definition) is 1. The summed E-state index contributed by atoms with van der Waals surface area (Å²) in [6.45, 7) is 1.68. The second-order valence-corrected chi connectivity index (χ2v) is 4.11. The zero-order valence-electron chi connectivity index (χ0n) is 7.72. The Morgan fingerprint density at radius 3 is 2.86 bits per heavy atom. The van der Waals surface area contributed by atoms with Crippen LogP contribution in [-0.2, 0) is 0 Å². The maximum Gasteiger partial charge on any atom is 0.126 e. The lowest BCUT2D eigenvalue weighted by Crippen LogP contribution is -1.89. The first-order valence-electron chi connectivity index (χ1n) is 4.48. The molecule has 0 heterocycles. The van der Waals surface area contributed by atoms with Gasteiger partial charge in [0.05, 0.1) is 12.0 Å². The number of benzene rings is 1. The van der Waals surface area contributed by atoms with Gasteiger partial charge in [-0.15, -0.1) is 0 Å². The predicted molar refractivity (Wildman–Crippen MR) is 52.6 cm³/mol. The molecule has 0 N–H and O–H groups in total. The summed E-state index contributed by atoms with van der Waals surface area (Å²) in [4.78, 5) is 0. The van der Waals surface area contributed by atoms with Gasteiger partial charge in [-0.25, -0.2) is 4.39 Å². The van der Waals surface area contributed by atoms with Crippen LogP contribution in [0.5, 0.6) is 0 Å². The third-order valence-corrected chi connectivity index (χ3v) is 2.96. The quantitative estimate of drug-likeness (QED) is 0.695. The third kappa shape index (κ3) is 1.49. The molecule has 1 saturated carbocycles. The van der Waals surface area contributed by atoms with E-state index in [2.05, 4.69) is 6.07 Å². The molecule has 1 aliphatic rings. The molecule has 0 bridgehead atoms. The molecule has 0 saturated heterocycles. The monoisotopic (exact) mass is 209 g/mol. The normalized spacial score (nSPS) is 24.4. The molecular formula is C11H9ClFN. The second-order valence-electron chi connectivity index (χ2n) is 3.70. The minimum Gasteiger partial charge on any atom is -0.207 e. The van der Waals surface area contributed by atoms with Crippen molar-refractivity contribution in [2.24, 2.45) is 5.92 Å². The molecule has 3 heteroatoms. The van der Waals surface area contributed by atoms with E-state index in [-0.39, 0.29) is 17.7 Å². The van der Waals surface area contributed by atoms with Crippen molar-refractivity contribution in [2.45, 2.75) is 19.3 Å². The summed E-state index contributed by atoms with van der Waals surface area (Å²) in [5.74, 6) is -0.0785. The molecule has 0 amide bonds. The lowest BCUT2D eigenvalue weighted by atomic mass is 10.1. The van der Waals surface area contributed by atoms with Crippen LogP contribution in [0.2, 0.25) is 5.02 Å². The molecule has 1 nitrogen and oxygen atoms in total. The van der Waals surface area contributed by atoms with Gasteiger partial charge in [0.15, 0.2) is 0 Å². The van der Waals surface area contributed by atoms with Gasteiger partial charge in [0.25, 0.3) is 0 Å². The van der Waals surface area contributed by atoms with Gasteiger partial charge in [-0.05, 0) is 36.6 Å². The molecule has 2 unspecified atom stereocenters. The van der Waals surface area contributed by atoms with E-state index in [4.69, 9.17) is 16.9 Å². The van der Waals surface area contributed by atoms with Crippen LogP contribution >= 0.6 is 11.6 Å². The van der Waals surface area contributed by atoms with E-state index in [1.54, 1.807) is 13.0 Å². The maximum atomic E-state index is 13.2. The van der Waals surface area contributed by atoms with Gasteiger partial charge in [0.1, 0.15) is 5.82 Å². The molecule has 14 heavy (non-hydrogen) atoms. The lowest BCUT2D eigenvalue weighted by Gasteiger charge is -2.04. The fourth-order valence-corrected chi connectivity index (χ4v) is 1.99. The zero-order valence-corrected chi connectivity index (χ0v) is 8.48. The zero-order chi connectivity index (χ0) is 10.3. The Bertz CT molecular complexity index is 422. The molecule has 1 aliphatic carbocycles. The number of halogens is 2. The van der Waals surface area contributed by atoms with E-state index in [1.165, 1.54) is 6.07 Å². The minimum absolute atomic E-state index is 0.0228. The smallest absolute Gasteiger partial charge is 0.126 e. The van der Waals surface area contributed by atoms with E-state index in [9.17, 15) is 4.39 Å². The van der Waals surface area contributed by atoms with Crippen molar-refractivity contribution < 1.29 is 4.39 Å². The van der Waals surface area contributed by atoms with Crippen LogP contribution in [-0.4, -0.2) is 0 Å². The van der Waals surface area contributed by atoms with Gasteiger partial charge < -0.3 is 0 Å². The van der Waals surface area contributed by atoms with E-state index < -0.39 is 0 Å². The highest BCUT2D eigenvalue weighted by Gasteiger charge is 2.40. The second kappa shape index (κ2) is 3.25. The van der Waals surface area contributed by atoms with Gasteiger partial charge in [-0.3, -0.25) is 0 Å². The molecule has 1 aromatic carbocycles. The van der Waals surface area contributed by atoms with E-state index in [1.807, 2.05) is 0 Å². The number of hydrogen-bond donors (Lipinski definition) is 0. The van der Waals surface area contributed by atoms with Crippen LogP contribution in [0.25, 0.3) is 0 Å². The first-order valence-corrected chi connectivity index (χ1v) is 4.86. The number of rotatable bonds is 1. The Balaban J connectivity index is 2.37. The van der Waals surface area contributed by atoms with Gasteiger partial charge >= 0.3 is 0 Å². The standard InChI is InChI=1S/C11H9ClFN/c1-6-2-10(12)9(4-11(6)13)8-3-7(8)5-14/h2,4,7-8H,3H2,1H3. The van der Waals surface area contributed by atoms with Crippen molar-refractivity contribution >= 4 is 11.6 Å². The fourth-order valence-electron chi connectivity index (χ4n) is 1.63. The average Bonchev–Trinajstić information content (AvgIpc) is 2.90. The summed E-state index contributed by atoms with van der Waals surface area (Å²) < 4.78 is 13.2. The largest absolute Gasteiger partial charge is 0.207 e. The van der Waals surface area contributed by atoms with Crippen molar-refractivity contribution in [3.05, 3.63) is 34.1 Å². The van der Waals surface area contributed by atoms with Crippen LogP contribution in [0.4, 0.5) is 4.39 Å². The van der Waals surface area contributed by atoms with Crippen LogP contribution in [0.3, 0.4) is 0 Å². The van der Waals surface area contributed by atoms with Crippen molar-refractivity contribution in [1.29, 1.82) is 5.26 Å². The molecule has 0 aliphatic heterocycles. The molecule has 1 fully saturated rings. The number of aryl methyl sites for hydroxylation is 1. The van der Waals surface area contributed by atoms with Crippen molar-refractivity contribution in [2.75, 3.05) is 0 Å². The fraction of sp³-hybridized carbons (Fsp3) is 0.364. The molecule has 2 atom stereocenters. The molecule has 0 spiro atoms. The van der Waals surface area contributed by atoms with Crippen LogP contribution in [0.1, 0.15) is 23.5 Å². The summed E-state index contributed by atoms with van der Waals surface area (Å²) in [7, 11) is 0. The number of nitriles is 1. The summed E-state index contributed by atoms with van der Waals surface area (Å²) in [6, 6.07) is 5.25. The van der Waals surface area contributed by atoms with Gasteiger partial charge in [-0.1, -0.05) is 11.6 Å². The molecule has 0 radical (unpaired) electrons. The highest BCUT2D eigenvalue weighted by Crippen LogP contribution is 2.49. The highest BCUT2D eigenvalue weighted by molar-refractivity contribution is 6.31. The third-order valence-electron chi connectivity index (χ3n) is 2.63. The summed E-state index contributed by atoms with van der Waals surface area (Å²) in [6.07, 6.45) is 0.804. The molecular weight excluding hydrogens is 201 g/mol. The summed E-state index contributed by atoms with van der Waals surface area (Å²) >= 11 is 5.98. The Labute approximate surface area is 87.1 Å². The van der Waals surface area contributed by atoms with Gasteiger partial charge in [0.2, 0.25) is 0 Å². The SMILES string of the molecule is Cc1cc(Cl)c(C2CC2C#N)cc1F. The Morgan fingerprint density at radius 1 is 1.57 bits per heavy atom. The van der Waals surface area contributed by atoms with E-state index >= 15 is 0 Å². The molecule has 0 aromatic heterocycles. The molecule has 2 rings (SSSR count). The summed E-state index contributed by atoms with van der Waals surface area (Å²) in [5.41, 5.74) is 1.33.